The minimum Gasteiger partial charge on any atom is -1.00 e. The molecule has 70 valence electrons. The van der Waals surface area contributed by atoms with Crippen LogP contribution < -0.4 is 24.8 Å². The van der Waals surface area contributed by atoms with Crippen molar-refractivity contribution < 1.29 is 24.8 Å². The summed E-state index contributed by atoms with van der Waals surface area (Å²) in [6.07, 6.45) is 16.5. The summed E-state index contributed by atoms with van der Waals surface area (Å²) in [5, 5.41) is 0. The highest BCUT2D eigenvalue weighted by Crippen LogP contribution is 2.15. The molecule has 0 saturated carbocycles. The average molecular weight is 225 g/mol. The van der Waals surface area contributed by atoms with Crippen LogP contribution in [0.15, 0.2) is 57.8 Å². The first kappa shape index (κ1) is 12.7. The number of allylic oxidation sites excluding steroid dienone is 6. The monoisotopic (exact) mass is 224 g/mol. The Balaban J connectivity index is 0.000000845. The Labute approximate surface area is 95.4 Å². The van der Waals surface area contributed by atoms with Crippen LogP contribution in [0.2, 0.25) is 0 Å². The lowest BCUT2D eigenvalue weighted by molar-refractivity contribution is -0.00100. The van der Waals surface area contributed by atoms with Gasteiger partial charge in [0.05, 0.1) is 12.2 Å². The number of rotatable bonds is 1. The molecule has 0 saturated heterocycles. The van der Waals surface area contributed by atoms with E-state index in [-0.39, 0.29) is 24.8 Å². The van der Waals surface area contributed by atoms with Gasteiger partial charge in [-0.2, -0.15) is 0 Å². The van der Waals surface area contributed by atoms with E-state index in [9.17, 15) is 0 Å². The molecule has 0 unspecified atom stereocenters. The molecule has 0 spiro atoms. The maximum atomic E-state index is 3.82. The molecule has 0 amide bonds. The SMILES string of the molecule is [C+]1=NC=CC(C2=C[C+]=NC=C2)=C1.[Cl-].[Cl-]. The van der Waals surface area contributed by atoms with Crippen molar-refractivity contribution in [3.05, 3.63) is 47.9 Å². The van der Waals surface area contributed by atoms with Gasteiger partial charge in [-0.1, -0.05) is 9.98 Å². The molecule has 0 bridgehead atoms. The first-order valence-corrected chi connectivity index (χ1v) is 3.61. The first-order valence-electron chi connectivity index (χ1n) is 3.61. The third-order valence-corrected chi connectivity index (χ3v) is 1.58. The second-order valence-electron chi connectivity index (χ2n) is 2.35. The van der Waals surface area contributed by atoms with Gasteiger partial charge >= 0.3 is 0 Å². The van der Waals surface area contributed by atoms with E-state index in [1.807, 2.05) is 24.3 Å². The van der Waals surface area contributed by atoms with Crippen molar-refractivity contribution in [2.45, 2.75) is 0 Å². The molecule has 0 N–H and O–H groups in total. The van der Waals surface area contributed by atoms with Crippen LogP contribution in [0.1, 0.15) is 0 Å². The number of hydrogen-bond acceptors (Lipinski definition) is 2. The molecular weight excluding hydrogens is 219 g/mol. The summed E-state index contributed by atoms with van der Waals surface area (Å²) in [5.74, 6) is 0. The zero-order valence-corrected chi connectivity index (χ0v) is 8.63. The normalized spacial score (nSPS) is 15.4. The van der Waals surface area contributed by atoms with E-state index in [1.54, 1.807) is 12.4 Å². The predicted molar refractivity (Wildman–Crippen MR) is 49.3 cm³/mol. The van der Waals surface area contributed by atoms with Gasteiger partial charge in [0, 0.05) is 0 Å². The van der Waals surface area contributed by atoms with Crippen LogP contribution >= 0.6 is 0 Å². The van der Waals surface area contributed by atoms with E-state index in [4.69, 9.17) is 0 Å². The molecule has 2 rings (SSSR count). The molecule has 0 radical (unpaired) electrons. The molecule has 0 fully saturated rings. The third-order valence-electron chi connectivity index (χ3n) is 1.58. The van der Waals surface area contributed by atoms with Gasteiger partial charge in [0.15, 0.2) is 23.6 Å². The highest BCUT2D eigenvalue weighted by atomic mass is 35.5. The second-order valence-corrected chi connectivity index (χ2v) is 2.35. The van der Waals surface area contributed by atoms with Crippen LogP contribution in [-0.4, -0.2) is 12.4 Å². The summed E-state index contributed by atoms with van der Waals surface area (Å²) in [7, 11) is 0. The highest BCUT2D eigenvalue weighted by molar-refractivity contribution is 5.82. The van der Waals surface area contributed by atoms with E-state index in [0.717, 1.165) is 11.1 Å². The van der Waals surface area contributed by atoms with Crippen molar-refractivity contribution in [1.29, 1.82) is 0 Å². The zero-order valence-electron chi connectivity index (χ0n) is 7.11. The number of hydrogen-bond donors (Lipinski definition) is 0. The van der Waals surface area contributed by atoms with Gasteiger partial charge in [-0.3, -0.25) is 0 Å². The fourth-order valence-electron chi connectivity index (χ4n) is 0.990. The lowest BCUT2D eigenvalue weighted by Crippen LogP contribution is -3.00. The summed E-state index contributed by atoms with van der Waals surface area (Å²) in [6, 6.07) is 0. The standard InChI is InChI=1S/C10H6N2.2ClH/c1-5-11-6-2-9(1)10-3-7-12-8-4-10;;/h1-5,7H;2*1H/q+2;;/p-2. The lowest BCUT2D eigenvalue weighted by atomic mass is 10.0. The van der Waals surface area contributed by atoms with Crippen LogP contribution in [0.5, 0.6) is 0 Å². The van der Waals surface area contributed by atoms with Crippen molar-refractivity contribution in [3.63, 3.8) is 0 Å². The first-order chi connectivity index (χ1) is 5.97. The predicted octanol–water partition coefficient (Wildman–Crippen LogP) is -4.20. The molecule has 2 aliphatic heterocycles. The largest absolute Gasteiger partial charge is 1.00 e. The second kappa shape index (κ2) is 6.20. The quantitative estimate of drug-likeness (QED) is 0.404. The maximum Gasteiger partial charge on any atom is 0.158 e. The van der Waals surface area contributed by atoms with Crippen molar-refractivity contribution in [2.75, 3.05) is 0 Å². The minimum absolute atomic E-state index is 0. The summed E-state index contributed by atoms with van der Waals surface area (Å²) >= 11 is 0. The molecule has 0 aliphatic carbocycles. The number of nitrogens with zero attached hydrogens (tertiary/aromatic N) is 2. The Morgan fingerprint density at radius 1 is 0.786 bits per heavy atom. The fraction of sp³-hybridized carbons (Fsp3) is 0. The maximum absolute atomic E-state index is 3.82. The Morgan fingerprint density at radius 2 is 1.21 bits per heavy atom. The molecular formula is C10H6Cl2N2. The molecule has 2 aliphatic rings. The van der Waals surface area contributed by atoms with E-state index in [0.29, 0.717) is 0 Å². The van der Waals surface area contributed by atoms with Gasteiger partial charge in [-0.05, 0) is 0 Å². The van der Waals surface area contributed by atoms with Gasteiger partial charge in [-0.25, -0.2) is 0 Å². The molecule has 0 atom stereocenters. The van der Waals surface area contributed by atoms with Crippen LogP contribution in [0, 0.1) is 0 Å². The number of halogens is 2. The van der Waals surface area contributed by atoms with E-state index in [2.05, 4.69) is 22.4 Å². The Morgan fingerprint density at radius 3 is 1.50 bits per heavy atom. The summed E-state index contributed by atoms with van der Waals surface area (Å²) in [4.78, 5) is 7.64. The third kappa shape index (κ3) is 2.88. The molecule has 14 heavy (non-hydrogen) atoms. The van der Waals surface area contributed by atoms with Crippen molar-refractivity contribution in [1.82, 2.24) is 0 Å². The van der Waals surface area contributed by atoms with Gasteiger partial charge in [0.1, 0.15) is 24.6 Å². The van der Waals surface area contributed by atoms with Crippen molar-refractivity contribution in [2.24, 2.45) is 9.98 Å². The molecule has 2 heterocycles. The molecule has 0 aromatic rings. The zero-order chi connectivity index (χ0) is 8.23. The van der Waals surface area contributed by atoms with E-state index in [1.165, 1.54) is 0 Å². The van der Waals surface area contributed by atoms with Crippen molar-refractivity contribution >= 4 is 12.4 Å². The Hall–Kier alpha value is -1.30. The number of aliphatic imine (C=N–C) groups is 2. The van der Waals surface area contributed by atoms with Gasteiger partial charge in [0.2, 0.25) is 0 Å². The fourth-order valence-corrected chi connectivity index (χ4v) is 0.990. The lowest BCUT2D eigenvalue weighted by Gasteiger charge is -1.89. The van der Waals surface area contributed by atoms with Crippen LogP contribution in [0.4, 0.5) is 0 Å². The molecule has 4 heteroatoms. The van der Waals surface area contributed by atoms with E-state index >= 15 is 0 Å². The van der Waals surface area contributed by atoms with Crippen molar-refractivity contribution in [3.8, 4) is 0 Å². The Kier molecular flexibility index (Phi) is 5.62. The molecule has 2 nitrogen and oxygen atoms in total. The minimum atomic E-state index is 0. The summed E-state index contributed by atoms with van der Waals surface area (Å²) < 4.78 is 0. The summed E-state index contributed by atoms with van der Waals surface area (Å²) in [6.45, 7) is 0. The van der Waals surface area contributed by atoms with Crippen LogP contribution in [0.25, 0.3) is 0 Å². The van der Waals surface area contributed by atoms with Crippen LogP contribution in [-0.2, 0) is 0 Å². The van der Waals surface area contributed by atoms with Gasteiger partial charge in [-0.15, -0.1) is 0 Å². The van der Waals surface area contributed by atoms with Gasteiger partial charge in [0.25, 0.3) is 0 Å². The average Bonchev–Trinajstić information content (AvgIpc) is 2.21. The topological polar surface area (TPSA) is 24.7 Å². The van der Waals surface area contributed by atoms with Gasteiger partial charge < -0.3 is 24.8 Å². The molecule has 0 aromatic carbocycles. The smallest absolute Gasteiger partial charge is 0.158 e. The van der Waals surface area contributed by atoms with Crippen LogP contribution in [0.3, 0.4) is 0 Å². The summed E-state index contributed by atoms with van der Waals surface area (Å²) in [5.41, 5.74) is 2.17. The highest BCUT2D eigenvalue weighted by Gasteiger charge is 2.15. The van der Waals surface area contributed by atoms with E-state index < -0.39 is 0 Å². The Bertz CT molecular complexity index is 324. The molecule has 0 aromatic heterocycles.